The number of nitrogens with one attached hydrogen (secondary N) is 2. The smallest absolute Gasteiger partial charge is 0.200 e. The molecule has 10 nitrogen and oxygen atoms in total. The average Bonchev–Trinajstić information content (AvgIpc) is 3.54. The summed E-state index contributed by atoms with van der Waals surface area (Å²) in [6.45, 7) is 2.99. The zero-order chi connectivity index (χ0) is 25.3. The number of hydrogen-bond acceptors (Lipinski definition) is 7. The van der Waals surface area contributed by atoms with E-state index in [-0.39, 0.29) is 23.0 Å². The van der Waals surface area contributed by atoms with Gasteiger partial charge in [-0.05, 0) is 43.2 Å². The van der Waals surface area contributed by atoms with Crippen molar-refractivity contribution in [3.8, 4) is 34.1 Å². The predicted molar refractivity (Wildman–Crippen MR) is 137 cm³/mol. The molecule has 3 aromatic heterocycles. The molecule has 0 amide bonds. The van der Waals surface area contributed by atoms with E-state index in [1.54, 1.807) is 16.6 Å². The summed E-state index contributed by atoms with van der Waals surface area (Å²) in [6.07, 6.45) is 3.79. The number of phenolic OH excluding ortho intramolecular Hbond substituents is 2. The number of aromatic nitrogens is 5. The van der Waals surface area contributed by atoms with Gasteiger partial charge in [0.1, 0.15) is 5.82 Å². The number of pyridine rings is 1. The van der Waals surface area contributed by atoms with Crippen LogP contribution < -0.4 is 15.6 Å². The van der Waals surface area contributed by atoms with Crippen LogP contribution in [0.4, 0.5) is 10.1 Å². The standard InChI is InChI=1S/C26H24FN7O3/c27-18-10-16-20(12-21(18)32-7-5-28-6-8-32)33(15-2-3-15)13-17(25(16)37)26-30-29-24-11-19(31-34(24)26)14-1-4-22(35)23(36)9-14/h1,4,9-13,15,28,31,35-36H,2-3,5-8H2. The van der Waals surface area contributed by atoms with Gasteiger partial charge >= 0.3 is 0 Å². The molecule has 5 aromatic rings. The Labute approximate surface area is 209 Å². The van der Waals surface area contributed by atoms with Crippen molar-refractivity contribution in [3.05, 3.63) is 58.6 Å². The Morgan fingerprint density at radius 3 is 2.57 bits per heavy atom. The van der Waals surface area contributed by atoms with E-state index < -0.39 is 5.82 Å². The van der Waals surface area contributed by atoms with Gasteiger partial charge in [-0.1, -0.05) is 0 Å². The molecule has 11 heteroatoms. The lowest BCUT2D eigenvalue weighted by Crippen LogP contribution is -2.43. The molecule has 1 saturated carbocycles. The summed E-state index contributed by atoms with van der Waals surface area (Å²) < 4.78 is 19.0. The molecule has 2 aromatic carbocycles. The molecule has 0 radical (unpaired) electrons. The number of aromatic hydroxyl groups is 2. The van der Waals surface area contributed by atoms with Crippen LogP contribution in [0.15, 0.2) is 47.4 Å². The number of halogens is 1. The number of piperazine rings is 1. The fourth-order valence-electron chi connectivity index (χ4n) is 5.12. The first-order chi connectivity index (χ1) is 18.0. The van der Waals surface area contributed by atoms with Crippen molar-refractivity contribution in [1.82, 2.24) is 29.7 Å². The van der Waals surface area contributed by atoms with E-state index >= 15 is 4.39 Å². The van der Waals surface area contributed by atoms with E-state index in [4.69, 9.17) is 0 Å². The van der Waals surface area contributed by atoms with Crippen LogP contribution in [-0.4, -0.2) is 60.8 Å². The van der Waals surface area contributed by atoms with Crippen molar-refractivity contribution in [2.75, 3.05) is 31.1 Å². The SMILES string of the molecule is O=c1c(-c2nnc3cc(-c4ccc(O)c(O)c4)[nH]n23)cn(C2CC2)c2cc(N3CCNCC3)c(F)cc12. The summed E-state index contributed by atoms with van der Waals surface area (Å²) in [4.78, 5) is 15.7. The number of rotatable bonds is 4. The molecular weight excluding hydrogens is 477 g/mol. The quantitative estimate of drug-likeness (QED) is 0.279. The van der Waals surface area contributed by atoms with E-state index in [2.05, 4.69) is 25.2 Å². The van der Waals surface area contributed by atoms with Gasteiger partial charge in [0.25, 0.3) is 0 Å². The van der Waals surface area contributed by atoms with E-state index in [9.17, 15) is 15.0 Å². The molecule has 1 aliphatic carbocycles. The highest BCUT2D eigenvalue weighted by Gasteiger charge is 2.28. The van der Waals surface area contributed by atoms with Gasteiger partial charge < -0.3 is 25.0 Å². The first-order valence-electron chi connectivity index (χ1n) is 12.3. The van der Waals surface area contributed by atoms with Crippen LogP contribution in [0.2, 0.25) is 0 Å². The lowest BCUT2D eigenvalue weighted by atomic mass is 10.1. The number of nitrogens with zero attached hydrogens (tertiary/aromatic N) is 5. The Bertz CT molecular complexity index is 1750. The third-order valence-electron chi connectivity index (χ3n) is 7.22. The zero-order valence-corrected chi connectivity index (χ0v) is 19.8. The molecule has 0 bridgehead atoms. The first-order valence-corrected chi connectivity index (χ1v) is 12.3. The van der Waals surface area contributed by atoms with Crippen LogP contribution in [0.3, 0.4) is 0 Å². The lowest BCUT2D eigenvalue weighted by molar-refractivity contribution is 0.404. The fourth-order valence-corrected chi connectivity index (χ4v) is 5.12. The topological polar surface area (TPSA) is 124 Å². The minimum atomic E-state index is -0.410. The Morgan fingerprint density at radius 2 is 1.81 bits per heavy atom. The highest BCUT2D eigenvalue weighted by molar-refractivity contribution is 5.87. The van der Waals surface area contributed by atoms with Crippen LogP contribution in [0.1, 0.15) is 18.9 Å². The van der Waals surface area contributed by atoms with Gasteiger partial charge in [-0.2, -0.15) is 0 Å². The number of benzene rings is 2. The van der Waals surface area contributed by atoms with Gasteiger partial charge in [-0.3, -0.25) is 9.89 Å². The third kappa shape index (κ3) is 3.53. The van der Waals surface area contributed by atoms with Crippen molar-refractivity contribution in [1.29, 1.82) is 0 Å². The second-order valence-corrected chi connectivity index (χ2v) is 9.66. The van der Waals surface area contributed by atoms with Crippen LogP contribution in [0.5, 0.6) is 11.5 Å². The largest absolute Gasteiger partial charge is 0.504 e. The predicted octanol–water partition coefficient (Wildman–Crippen LogP) is 3.00. The molecule has 0 unspecified atom stereocenters. The molecule has 4 heterocycles. The van der Waals surface area contributed by atoms with Gasteiger partial charge in [-0.15, -0.1) is 10.2 Å². The summed E-state index contributed by atoms with van der Waals surface area (Å²) >= 11 is 0. The normalized spacial score (nSPS) is 16.2. The fraction of sp³-hybridized carbons (Fsp3) is 0.269. The minimum absolute atomic E-state index is 0.216. The van der Waals surface area contributed by atoms with Crippen LogP contribution in [0.25, 0.3) is 39.2 Å². The van der Waals surface area contributed by atoms with Crippen LogP contribution in [0, 0.1) is 5.82 Å². The lowest BCUT2D eigenvalue weighted by Gasteiger charge is -2.30. The number of aromatic amines is 1. The Hall–Kier alpha value is -4.38. The second kappa shape index (κ2) is 8.07. The van der Waals surface area contributed by atoms with Gasteiger partial charge in [0.15, 0.2) is 23.0 Å². The molecule has 0 spiro atoms. The van der Waals surface area contributed by atoms with E-state index in [0.717, 1.165) is 31.4 Å². The molecule has 1 saturated heterocycles. The van der Waals surface area contributed by atoms with Crippen molar-refractivity contribution < 1.29 is 14.6 Å². The van der Waals surface area contributed by atoms with Crippen molar-refractivity contribution in [2.45, 2.75) is 18.9 Å². The Balaban J connectivity index is 1.39. The summed E-state index contributed by atoms with van der Waals surface area (Å²) in [5.41, 5.74) is 2.98. The molecule has 7 rings (SSSR count). The molecule has 2 aliphatic rings. The highest BCUT2D eigenvalue weighted by atomic mass is 19.1. The van der Waals surface area contributed by atoms with Gasteiger partial charge in [0.05, 0.1) is 22.5 Å². The molecule has 1 aliphatic heterocycles. The maximum atomic E-state index is 15.3. The zero-order valence-electron chi connectivity index (χ0n) is 19.8. The van der Waals surface area contributed by atoms with E-state index in [1.807, 2.05) is 17.2 Å². The average molecular weight is 502 g/mol. The van der Waals surface area contributed by atoms with Crippen molar-refractivity contribution in [3.63, 3.8) is 0 Å². The number of anilines is 1. The Morgan fingerprint density at radius 1 is 1.00 bits per heavy atom. The Kier molecular flexibility index (Phi) is 4.77. The van der Waals surface area contributed by atoms with Crippen LogP contribution >= 0.6 is 0 Å². The number of H-pyrrole nitrogens is 1. The number of phenols is 2. The third-order valence-corrected chi connectivity index (χ3v) is 7.22. The monoisotopic (exact) mass is 501 g/mol. The molecule has 0 atom stereocenters. The summed E-state index contributed by atoms with van der Waals surface area (Å²) in [7, 11) is 0. The molecule has 4 N–H and O–H groups in total. The van der Waals surface area contributed by atoms with Gasteiger partial charge in [0, 0.05) is 55.4 Å². The van der Waals surface area contributed by atoms with Gasteiger partial charge in [0.2, 0.25) is 5.43 Å². The van der Waals surface area contributed by atoms with Gasteiger partial charge in [-0.25, -0.2) is 8.91 Å². The maximum Gasteiger partial charge on any atom is 0.200 e. The molecule has 37 heavy (non-hydrogen) atoms. The molecular formula is C26H24FN7O3. The van der Waals surface area contributed by atoms with Crippen LogP contribution in [-0.2, 0) is 0 Å². The highest BCUT2D eigenvalue weighted by Crippen LogP contribution is 2.39. The van der Waals surface area contributed by atoms with E-state index in [0.29, 0.717) is 52.5 Å². The number of hydrogen-bond donors (Lipinski definition) is 4. The summed E-state index contributed by atoms with van der Waals surface area (Å²) in [6, 6.07) is 9.63. The molecule has 2 fully saturated rings. The minimum Gasteiger partial charge on any atom is -0.504 e. The van der Waals surface area contributed by atoms with Crippen molar-refractivity contribution >= 4 is 22.2 Å². The first kappa shape index (κ1) is 21.9. The van der Waals surface area contributed by atoms with E-state index in [1.165, 1.54) is 18.2 Å². The summed E-state index contributed by atoms with van der Waals surface area (Å²) in [5.74, 6) is -0.553. The second-order valence-electron chi connectivity index (χ2n) is 9.66. The molecule has 188 valence electrons. The van der Waals surface area contributed by atoms with Crippen molar-refractivity contribution in [2.24, 2.45) is 0 Å². The summed E-state index contributed by atoms with van der Waals surface area (Å²) in [5, 5.41) is 34.8. The number of fused-ring (bicyclic) bond motifs is 2. The maximum absolute atomic E-state index is 15.3.